The minimum Gasteiger partial charge on any atom is -0.508 e. The minimum atomic E-state index is -0.270. The number of phenolic OH excluding ortho intramolecular Hbond substituents is 1. The van der Waals surface area contributed by atoms with Crippen molar-refractivity contribution >= 4 is 11.7 Å². The van der Waals surface area contributed by atoms with Gasteiger partial charge in [-0.1, -0.05) is 18.2 Å². The fourth-order valence-electron chi connectivity index (χ4n) is 1.92. The highest BCUT2D eigenvalue weighted by atomic mass is 16.3. The van der Waals surface area contributed by atoms with Gasteiger partial charge in [-0.3, -0.25) is 4.79 Å². The van der Waals surface area contributed by atoms with Crippen molar-refractivity contribution < 1.29 is 9.90 Å². The third kappa shape index (κ3) is 2.92. The van der Waals surface area contributed by atoms with E-state index in [0.29, 0.717) is 11.4 Å². The highest BCUT2D eigenvalue weighted by Crippen LogP contribution is 2.13. The van der Waals surface area contributed by atoms with Crippen molar-refractivity contribution in [1.82, 2.24) is 9.78 Å². The summed E-state index contributed by atoms with van der Waals surface area (Å²) in [6.45, 7) is 0. The number of rotatable bonds is 3. The molecule has 1 aromatic heterocycles. The predicted octanol–water partition coefficient (Wildman–Crippen LogP) is 2.83. The van der Waals surface area contributed by atoms with E-state index in [2.05, 4.69) is 10.4 Å². The quantitative estimate of drug-likeness (QED) is 0.774. The summed E-state index contributed by atoms with van der Waals surface area (Å²) in [5.74, 6) is 0.324. The zero-order chi connectivity index (χ0) is 14.7. The van der Waals surface area contributed by atoms with Gasteiger partial charge >= 0.3 is 0 Å². The lowest BCUT2D eigenvalue weighted by atomic mass is 10.2. The van der Waals surface area contributed by atoms with E-state index in [-0.39, 0.29) is 11.7 Å². The van der Waals surface area contributed by atoms with Gasteiger partial charge in [0.15, 0.2) is 5.82 Å². The highest BCUT2D eigenvalue weighted by Gasteiger charge is 2.08. The van der Waals surface area contributed by atoms with E-state index in [4.69, 9.17) is 0 Å². The summed E-state index contributed by atoms with van der Waals surface area (Å²) in [6.07, 6.45) is 1.78. The number of carbonyl (C=O) groups excluding carboxylic acids is 1. The first-order valence-electron chi connectivity index (χ1n) is 6.44. The van der Waals surface area contributed by atoms with Crippen LogP contribution in [0.1, 0.15) is 10.4 Å². The van der Waals surface area contributed by atoms with Gasteiger partial charge in [-0.25, -0.2) is 4.68 Å². The van der Waals surface area contributed by atoms with Crippen LogP contribution >= 0.6 is 0 Å². The molecule has 2 aromatic carbocycles. The van der Waals surface area contributed by atoms with Crippen molar-refractivity contribution in [2.24, 2.45) is 0 Å². The van der Waals surface area contributed by atoms with Crippen molar-refractivity contribution in [1.29, 1.82) is 0 Å². The summed E-state index contributed by atoms with van der Waals surface area (Å²) in [5.41, 5.74) is 1.38. The second kappa shape index (κ2) is 5.50. The molecule has 0 fully saturated rings. The lowest BCUT2D eigenvalue weighted by Crippen LogP contribution is -2.12. The molecule has 3 rings (SSSR count). The molecule has 0 aliphatic rings. The molecule has 21 heavy (non-hydrogen) atoms. The van der Waals surface area contributed by atoms with Gasteiger partial charge in [-0.15, -0.1) is 0 Å². The molecule has 5 heteroatoms. The van der Waals surface area contributed by atoms with Crippen molar-refractivity contribution in [3.05, 3.63) is 72.4 Å². The van der Waals surface area contributed by atoms with Crippen molar-refractivity contribution in [3.63, 3.8) is 0 Å². The number of phenols is 1. The van der Waals surface area contributed by atoms with Crippen molar-refractivity contribution in [2.45, 2.75) is 0 Å². The van der Waals surface area contributed by atoms with Gasteiger partial charge in [0.1, 0.15) is 5.75 Å². The number of anilines is 1. The van der Waals surface area contributed by atoms with E-state index in [9.17, 15) is 9.90 Å². The number of hydrogen-bond acceptors (Lipinski definition) is 3. The Balaban J connectivity index is 1.75. The first-order valence-corrected chi connectivity index (χ1v) is 6.44. The summed E-state index contributed by atoms with van der Waals surface area (Å²) < 4.78 is 1.69. The molecule has 0 radical (unpaired) electrons. The molecule has 1 heterocycles. The van der Waals surface area contributed by atoms with Gasteiger partial charge < -0.3 is 10.4 Å². The van der Waals surface area contributed by atoms with Gasteiger partial charge in [0.25, 0.3) is 5.91 Å². The summed E-state index contributed by atoms with van der Waals surface area (Å²) >= 11 is 0. The molecule has 0 aliphatic carbocycles. The number of hydrogen-bond donors (Lipinski definition) is 2. The van der Waals surface area contributed by atoms with Crippen LogP contribution in [-0.2, 0) is 0 Å². The molecule has 0 bridgehead atoms. The summed E-state index contributed by atoms with van der Waals surface area (Å²) in [4.78, 5) is 12.0. The van der Waals surface area contributed by atoms with Crippen LogP contribution in [0.25, 0.3) is 5.69 Å². The van der Waals surface area contributed by atoms with Gasteiger partial charge in [-0.2, -0.15) is 5.10 Å². The Kier molecular flexibility index (Phi) is 3.39. The van der Waals surface area contributed by atoms with E-state index in [0.717, 1.165) is 5.69 Å². The number of nitrogens with one attached hydrogen (secondary N) is 1. The van der Waals surface area contributed by atoms with Gasteiger partial charge in [0.2, 0.25) is 0 Å². The number of para-hydroxylation sites is 1. The average molecular weight is 279 g/mol. The Hall–Kier alpha value is -3.08. The molecule has 0 saturated heterocycles. The summed E-state index contributed by atoms with van der Waals surface area (Å²) in [7, 11) is 0. The van der Waals surface area contributed by atoms with Crippen LogP contribution in [0.4, 0.5) is 5.82 Å². The van der Waals surface area contributed by atoms with Gasteiger partial charge in [0, 0.05) is 17.8 Å². The lowest BCUT2D eigenvalue weighted by Gasteiger charge is -2.03. The molecule has 0 aliphatic heterocycles. The van der Waals surface area contributed by atoms with Crippen LogP contribution in [0.15, 0.2) is 66.9 Å². The van der Waals surface area contributed by atoms with Crippen LogP contribution in [0.5, 0.6) is 5.75 Å². The number of amides is 1. The zero-order valence-corrected chi connectivity index (χ0v) is 11.1. The monoisotopic (exact) mass is 279 g/mol. The Labute approximate surface area is 121 Å². The maximum atomic E-state index is 12.0. The summed E-state index contributed by atoms with van der Waals surface area (Å²) in [5, 5.41) is 16.2. The lowest BCUT2D eigenvalue weighted by molar-refractivity contribution is 0.102. The molecule has 5 nitrogen and oxygen atoms in total. The third-order valence-corrected chi connectivity index (χ3v) is 2.98. The zero-order valence-electron chi connectivity index (χ0n) is 11.1. The molecular formula is C16H13N3O2. The molecule has 2 N–H and O–H groups in total. The molecule has 1 amide bonds. The van der Waals surface area contributed by atoms with Crippen LogP contribution in [0, 0.1) is 0 Å². The maximum Gasteiger partial charge on any atom is 0.256 e. The van der Waals surface area contributed by atoms with E-state index >= 15 is 0 Å². The van der Waals surface area contributed by atoms with Crippen LogP contribution < -0.4 is 5.32 Å². The van der Waals surface area contributed by atoms with Crippen LogP contribution in [0.2, 0.25) is 0 Å². The standard InChI is InChI=1S/C16H13N3O2/c20-14-8-6-12(7-9-14)16(21)17-15-10-11-19(18-15)13-4-2-1-3-5-13/h1-11,20H,(H,17,18,21). The highest BCUT2D eigenvalue weighted by molar-refractivity contribution is 6.03. The Morgan fingerprint density at radius 3 is 2.43 bits per heavy atom. The maximum absolute atomic E-state index is 12.0. The Morgan fingerprint density at radius 1 is 1.00 bits per heavy atom. The van der Waals surface area contributed by atoms with Crippen LogP contribution in [-0.4, -0.2) is 20.8 Å². The second-order valence-corrected chi connectivity index (χ2v) is 4.48. The van der Waals surface area contributed by atoms with E-state index in [1.165, 1.54) is 12.1 Å². The number of aromatic nitrogens is 2. The van der Waals surface area contributed by atoms with Gasteiger partial charge in [0.05, 0.1) is 5.69 Å². The molecular weight excluding hydrogens is 266 g/mol. The number of benzene rings is 2. The SMILES string of the molecule is O=C(Nc1ccn(-c2ccccc2)n1)c1ccc(O)cc1. The largest absolute Gasteiger partial charge is 0.508 e. The van der Waals surface area contributed by atoms with Crippen molar-refractivity contribution in [2.75, 3.05) is 5.32 Å². The summed E-state index contributed by atoms with van der Waals surface area (Å²) in [6, 6.07) is 17.4. The fraction of sp³-hybridized carbons (Fsp3) is 0. The second-order valence-electron chi connectivity index (χ2n) is 4.48. The average Bonchev–Trinajstić information content (AvgIpc) is 2.97. The Morgan fingerprint density at radius 2 is 1.71 bits per heavy atom. The topological polar surface area (TPSA) is 67.2 Å². The van der Waals surface area contributed by atoms with Crippen LogP contribution in [0.3, 0.4) is 0 Å². The fourth-order valence-corrected chi connectivity index (χ4v) is 1.92. The molecule has 0 unspecified atom stereocenters. The van der Waals surface area contributed by atoms with Crippen molar-refractivity contribution in [3.8, 4) is 11.4 Å². The van der Waals surface area contributed by atoms with E-state index in [1.54, 1.807) is 29.1 Å². The Bertz CT molecular complexity index is 749. The normalized spacial score (nSPS) is 10.3. The van der Waals surface area contributed by atoms with E-state index in [1.807, 2.05) is 30.3 Å². The first-order chi connectivity index (χ1) is 10.2. The molecule has 104 valence electrons. The molecule has 0 spiro atoms. The predicted molar refractivity (Wildman–Crippen MR) is 79.6 cm³/mol. The number of aromatic hydroxyl groups is 1. The van der Waals surface area contributed by atoms with E-state index < -0.39 is 0 Å². The third-order valence-electron chi connectivity index (χ3n) is 2.98. The molecule has 0 atom stereocenters. The van der Waals surface area contributed by atoms with Gasteiger partial charge in [-0.05, 0) is 36.4 Å². The minimum absolute atomic E-state index is 0.125. The first kappa shape index (κ1) is 12.9. The molecule has 3 aromatic rings. The molecule has 0 saturated carbocycles. The number of nitrogens with zero attached hydrogens (tertiary/aromatic N) is 2. The number of carbonyl (C=O) groups is 1. The smallest absolute Gasteiger partial charge is 0.256 e.